The van der Waals surface area contributed by atoms with Crippen molar-refractivity contribution in [2.45, 2.75) is 0 Å². The van der Waals surface area contributed by atoms with Crippen molar-refractivity contribution in [1.82, 2.24) is 0 Å². The van der Waals surface area contributed by atoms with E-state index in [4.69, 9.17) is 4.74 Å². The minimum Gasteiger partial charge on any atom is -0.439 e. The summed E-state index contributed by atoms with van der Waals surface area (Å²) in [5.41, 5.74) is 0.874. The molecule has 0 bridgehead atoms. The van der Waals surface area contributed by atoms with Gasteiger partial charge in [-0.25, -0.2) is 4.99 Å². The SMILES string of the molecule is CS/C=C/C(=Nc1ccccc1)Oc1ccccc1. The van der Waals surface area contributed by atoms with Crippen LogP contribution in [0.3, 0.4) is 0 Å². The van der Waals surface area contributed by atoms with E-state index in [1.54, 1.807) is 11.8 Å². The lowest BCUT2D eigenvalue weighted by Crippen LogP contribution is -2.04. The number of ether oxygens (including phenoxy) is 1. The molecule has 0 unspecified atom stereocenters. The van der Waals surface area contributed by atoms with Gasteiger partial charge in [-0.15, -0.1) is 11.8 Å². The first-order valence-corrected chi connectivity index (χ1v) is 7.23. The van der Waals surface area contributed by atoms with Gasteiger partial charge in [0, 0.05) is 6.08 Å². The number of benzene rings is 2. The summed E-state index contributed by atoms with van der Waals surface area (Å²) in [5, 5.41) is 1.95. The maximum Gasteiger partial charge on any atom is 0.220 e. The summed E-state index contributed by atoms with van der Waals surface area (Å²) in [7, 11) is 0. The van der Waals surface area contributed by atoms with E-state index in [9.17, 15) is 0 Å². The lowest BCUT2D eigenvalue weighted by Gasteiger charge is -2.05. The fourth-order valence-electron chi connectivity index (χ4n) is 1.46. The van der Waals surface area contributed by atoms with Crippen molar-refractivity contribution in [2.24, 2.45) is 4.99 Å². The van der Waals surface area contributed by atoms with Crippen LogP contribution in [-0.2, 0) is 0 Å². The van der Waals surface area contributed by atoms with Gasteiger partial charge in [-0.3, -0.25) is 0 Å². The van der Waals surface area contributed by atoms with Gasteiger partial charge in [-0.2, -0.15) is 0 Å². The molecule has 0 heterocycles. The number of thioether (sulfide) groups is 1. The Balaban J connectivity index is 2.21. The van der Waals surface area contributed by atoms with Crippen molar-refractivity contribution >= 4 is 23.3 Å². The van der Waals surface area contributed by atoms with Crippen LogP contribution >= 0.6 is 11.8 Å². The fourth-order valence-corrected chi connectivity index (χ4v) is 1.71. The van der Waals surface area contributed by atoms with Crippen molar-refractivity contribution in [3.63, 3.8) is 0 Å². The predicted molar refractivity (Wildman–Crippen MR) is 83.3 cm³/mol. The summed E-state index contributed by atoms with van der Waals surface area (Å²) in [4.78, 5) is 4.49. The Morgan fingerprint density at radius 2 is 1.63 bits per heavy atom. The van der Waals surface area contributed by atoms with Crippen LogP contribution in [-0.4, -0.2) is 12.2 Å². The van der Waals surface area contributed by atoms with Crippen LogP contribution < -0.4 is 4.74 Å². The molecule has 0 aliphatic rings. The molecule has 2 aromatic carbocycles. The third-order valence-electron chi connectivity index (χ3n) is 2.31. The highest BCUT2D eigenvalue weighted by Gasteiger charge is 1.99. The van der Waals surface area contributed by atoms with E-state index < -0.39 is 0 Å². The zero-order valence-corrected chi connectivity index (χ0v) is 11.5. The molecule has 0 aliphatic carbocycles. The monoisotopic (exact) mass is 269 g/mol. The molecule has 0 saturated heterocycles. The molecule has 0 N–H and O–H groups in total. The largest absolute Gasteiger partial charge is 0.439 e. The smallest absolute Gasteiger partial charge is 0.220 e. The molecule has 0 atom stereocenters. The second-order valence-electron chi connectivity index (χ2n) is 3.74. The summed E-state index contributed by atoms with van der Waals surface area (Å²) in [6, 6.07) is 19.4. The molecule has 19 heavy (non-hydrogen) atoms. The molecule has 2 aromatic rings. The van der Waals surface area contributed by atoms with Crippen molar-refractivity contribution in [3.8, 4) is 5.75 Å². The van der Waals surface area contributed by atoms with E-state index in [2.05, 4.69) is 4.99 Å². The molecule has 0 spiro atoms. The van der Waals surface area contributed by atoms with Crippen LogP contribution in [0, 0.1) is 0 Å². The van der Waals surface area contributed by atoms with Crippen LogP contribution in [0.25, 0.3) is 0 Å². The van der Waals surface area contributed by atoms with Crippen LogP contribution in [0.1, 0.15) is 0 Å². The fraction of sp³-hybridized carbons (Fsp3) is 0.0625. The van der Waals surface area contributed by atoms with E-state index in [0.29, 0.717) is 5.90 Å². The Bertz CT molecular complexity index is 549. The lowest BCUT2D eigenvalue weighted by molar-refractivity contribution is 0.556. The Hall–Kier alpha value is -2.00. The molecule has 0 amide bonds. The first-order valence-electron chi connectivity index (χ1n) is 5.94. The Kier molecular flexibility index (Phi) is 5.26. The van der Waals surface area contributed by atoms with Gasteiger partial charge >= 0.3 is 0 Å². The molecule has 0 radical (unpaired) electrons. The van der Waals surface area contributed by atoms with Gasteiger partial charge in [0.15, 0.2) is 0 Å². The molecule has 2 nitrogen and oxygen atoms in total. The maximum atomic E-state index is 5.77. The highest BCUT2D eigenvalue weighted by Crippen LogP contribution is 2.14. The summed E-state index contributed by atoms with van der Waals surface area (Å²) < 4.78 is 5.77. The van der Waals surface area contributed by atoms with Gasteiger partial charge in [0.2, 0.25) is 5.90 Å². The van der Waals surface area contributed by atoms with Crippen LogP contribution in [0.5, 0.6) is 5.75 Å². The van der Waals surface area contributed by atoms with Crippen molar-refractivity contribution in [1.29, 1.82) is 0 Å². The summed E-state index contributed by atoms with van der Waals surface area (Å²) in [5.74, 6) is 1.36. The second-order valence-corrected chi connectivity index (χ2v) is 4.48. The highest BCUT2D eigenvalue weighted by atomic mass is 32.2. The summed E-state index contributed by atoms with van der Waals surface area (Å²) in [6.07, 6.45) is 3.86. The van der Waals surface area contributed by atoms with Crippen molar-refractivity contribution in [3.05, 3.63) is 72.1 Å². The van der Waals surface area contributed by atoms with Crippen LogP contribution in [0.2, 0.25) is 0 Å². The van der Waals surface area contributed by atoms with E-state index in [-0.39, 0.29) is 0 Å². The molecular formula is C16H15NOS. The first kappa shape index (κ1) is 13.4. The quantitative estimate of drug-likeness (QED) is 0.594. The number of hydrogen-bond donors (Lipinski definition) is 0. The highest BCUT2D eigenvalue weighted by molar-refractivity contribution is 8.01. The molecule has 0 aromatic heterocycles. The Labute approximate surface area is 117 Å². The van der Waals surface area contributed by atoms with E-state index >= 15 is 0 Å². The van der Waals surface area contributed by atoms with Crippen molar-refractivity contribution < 1.29 is 4.74 Å². The standard InChI is InChI=1S/C16H15NOS/c1-19-13-12-16(17-14-8-4-2-5-9-14)18-15-10-6-3-7-11-15/h2-13H,1H3/b13-12+,17-16?. The topological polar surface area (TPSA) is 21.6 Å². The molecular weight excluding hydrogens is 254 g/mol. The average molecular weight is 269 g/mol. The molecule has 96 valence electrons. The van der Waals surface area contributed by atoms with Gasteiger partial charge in [-0.05, 0) is 35.9 Å². The molecule has 0 aliphatic heterocycles. The normalized spacial score (nSPS) is 11.7. The van der Waals surface area contributed by atoms with Gasteiger partial charge < -0.3 is 4.74 Å². The number of nitrogens with zero attached hydrogens (tertiary/aromatic N) is 1. The van der Waals surface area contributed by atoms with Crippen LogP contribution in [0.4, 0.5) is 5.69 Å². The van der Waals surface area contributed by atoms with E-state index in [1.807, 2.05) is 78.4 Å². The summed E-state index contributed by atoms with van der Waals surface area (Å²) in [6.45, 7) is 0. The van der Waals surface area contributed by atoms with Gasteiger partial charge in [0.25, 0.3) is 0 Å². The van der Waals surface area contributed by atoms with E-state index in [1.165, 1.54) is 0 Å². The summed E-state index contributed by atoms with van der Waals surface area (Å²) >= 11 is 1.61. The maximum absolute atomic E-state index is 5.77. The Morgan fingerprint density at radius 3 is 2.26 bits per heavy atom. The molecule has 2 rings (SSSR count). The number of hydrogen-bond acceptors (Lipinski definition) is 3. The number of rotatable bonds is 4. The Morgan fingerprint density at radius 1 is 1.00 bits per heavy atom. The zero-order valence-electron chi connectivity index (χ0n) is 10.7. The first-order chi connectivity index (χ1) is 9.38. The predicted octanol–water partition coefficient (Wildman–Crippen LogP) is 4.67. The van der Waals surface area contributed by atoms with Gasteiger partial charge in [0.1, 0.15) is 5.75 Å². The van der Waals surface area contributed by atoms with E-state index in [0.717, 1.165) is 11.4 Å². The minimum absolute atomic E-state index is 0.576. The molecule has 0 fully saturated rings. The number of para-hydroxylation sites is 2. The number of aliphatic imine (C=N–C) groups is 1. The van der Waals surface area contributed by atoms with Crippen LogP contribution in [0.15, 0.2) is 77.1 Å². The average Bonchev–Trinajstić information content (AvgIpc) is 2.47. The van der Waals surface area contributed by atoms with Gasteiger partial charge in [0.05, 0.1) is 5.69 Å². The second kappa shape index (κ2) is 7.44. The zero-order chi connectivity index (χ0) is 13.3. The molecule has 0 saturated carbocycles. The third kappa shape index (κ3) is 4.64. The minimum atomic E-state index is 0.576. The van der Waals surface area contributed by atoms with Crippen molar-refractivity contribution in [2.75, 3.05) is 6.26 Å². The van der Waals surface area contributed by atoms with Gasteiger partial charge in [-0.1, -0.05) is 36.4 Å². The molecule has 3 heteroatoms. The lowest BCUT2D eigenvalue weighted by atomic mass is 10.3. The third-order valence-corrected chi connectivity index (χ3v) is 2.72.